The summed E-state index contributed by atoms with van der Waals surface area (Å²) in [6.45, 7) is 0.461. The van der Waals surface area contributed by atoms with Crippen molar-refractivity contribution in [2.75, 3.05) is 33.3 Å². The average molecular weight is 485 g/mol. The topological polar surface area (TPSA) is 78.9 Å². The number of hydrogen-bond acceptors (Lipinski definition) is 6. The molecule has 1 aromatic heterocycles. The standard InChI is InChI=1S/C29H28N2O5/c1-33-24-10-5-8-22(19-24)29(32)30-23-9-4-7-21(18-23)25-11-6-12-28(31-25)36-16-15-20-13-14-26(34-2)27(17-20)35-3/h4-14,17-19H,15-16H2,1-3H3,(H,30,32). The van der Waals surface area contributed by atoms with Crippen LogP contribution in [0.5, 0.6) is 23.1 Å². The SMILES string of the molecule is COc1cccc(C(=O)Nc2cccc(-c3cccc(OCCc4ccc(OC)c(OC)c4)n3)c2)c1. The smallest absolute Gasteiger partial charge is 0.255 e. The minimum absolute atomic E-state index is 0.216. The van der Waals surface area contributed by atoms with E-state index in [2.05, 4.69) is 10.3 Å². The van der Waals surface area contributed by atoms with Gasteiger partial charge in [-0.3, -0.25) is 4.79 Å². The van der Waals surface area contributed by atoms with Crippen LogP contribution in [0.25, 0.3) is 11.3 Å². The maximum atomic E-state index is 12.7. The van der Waals surface area contributed by atoms with Crippen molar-refractivity contribution in [1.29, 1.82) is 0 Å². The van der Waals surface area contributed by atoms with E-state index in [1.165, 1.54) is 0 Å². The normalized spacial score (nSPS) is 10.4. The lowest BCUT2D eigenvalue weighted by molar-refractivity contribution is 0.102. The first-order valence-electron chi connectivity index (χ1n) is 11.5. The lowest BCUT2D eigenvalue weighted by Crippen LogP contribution is -2.11. The summed E-state index contributed by atoms with van der Waals surface area (Å²) in [6.07, 6.45) is 0.693. The predicted octanol–water partition coefficient (Wildman–Crippen LogP) is 5.65. The highest BCUT2D eigenvalue weighted by molar-refractivity contribution is 6.04. The first-order chi connectivity index (χ1) is 17.6. The Bertz CT molecular complexity index is 1340. The van der Waals surface area contributed by atoms with Gasteiger partial charge >= 0.3 is 0 Å². The molecule has 0 unspecified atom stereocenters. The Morgan fingerprint density at radius 3 is 2.42 bits per heavy atom. The van der Waals surface area contributed by atoms with Crippen LogP contribution in [0, 0.1) is 0 Å². The van der Waals surface area contributed by atoms with Crippen molar-refractivity contribution in [2.24, 2.45) is 0 Å². The van der Waals surface area contributed by atoms with Crippen LogP contribution < -0.4 is 24.3 Å². The summed E-state index contributed by atoms with van der Waals surface area (Å²) >= 11 is 0. The third-order valence-electron chi connectivity index (χ3n) is 5.56. The minimum atomic E-state index is -0.216. The summed E-state index contributed by atoms with van der Waals surface area (Å²) in [5.41, 5.74) is 3.87. The van der Waals surface area contributed by atoms with Gasteiger partial charge in [0.05, 0.1) is 33.6 Å². The fourth-order valence-electron chi connectivity index (χ4n) is 3.69. The lowest BCUT2D eigenvalue weighted by Gasteiger charge is -2.11. The molecule has 7 heteroatoms. The Balaban J connectivity index is 1.41. The van der Waals surface area contributed by atoms with Crippen LogP contribution in [-0.2, 0) is 6.42 Å². The molecule has 0 radical (unpaired) electrons. The van der Waals surface area contributed by atoms with E-state index in [9.17, 15) is 4.79 Å². The fourth-order valence-corrected chi connectivity index (χ4v) is 3.69. The van der Waals surface area contributed by atoms with Crippen LogP contribution >= 0.6 is 0 Å². The number of nitrogens with zero attached hydrogens (tertiary/aromatic N) is 1. The van der Waals surface area contributed by atoms with Crippen molar-refractivity contribution in [3.8, 4) is 34.4 Å². The highest BCUT2D eigenvalue weighted by Crippen LogP contribution is 2.28. The molecule has 1 N–H and O–H groups in total. The Hall–Kier alpha value is -4.52. The number of nitrogens with one attached hydrogen (secondary N) is 1. The van der Waals surface area contributed by atoms with Gasteiger partial charge in [0.1, 0.15) is 5.75 Å². The molecule has 0 aliphatic rings. The Morgan fingerprint density at radius 2 is 1.61 bits per heavy atom. The van der Waals surface area contributed by atoms with Crippen LogP contribution in [0.3, 0.4) is 0 Å². The largest absolute Gasteiger partial charge is 0.497 e. The first kappa shape index (κ1) is 24.6. The van der Waals surface area contributed by atoms with Gasteiger partial charge in [0.25, 0.3) is 5.91 Å². The zero-order valence-electron chi connectivity index (χ0n) is 20.5. The molecule has 7 nitrogen and oxygen atoms in total. The van der Waals surface area contributed by atoms with E-state index < -0.39 is 0 Å². The predicted molar refractivity (Wildman–Crippen MR) is 139 cm³/mol. The molecule has 0 spiro atoms. The van der Waals surface area contributed by atoms with Crippen LogP contribution in [0.1, 0.15) is 15.9 Å². The van der Waals surface area contributed by atoms with E-state index in [1.54, 1.807) is 45.6 Å². The molecule has 4 aromatic rings. The number of carbonyl (C=O) groups is 1. The quantitative estimate of drug-likeness (QED) is 0.313. The van der Waals surface area contributed by atoms with Crippen LogP contribution in [0.2, 0.25) is 0 Å². The zero-order chi connectivity index (χ0) is 25.3. The summed E-state index contributed by atoms with van der Waals surface area (Å²) in [6, 6.07) is 26.0. The van der Waals surface area contributed by atoms with E-state index in [0.29, 0.717) is 47.4 Å². The monoisotopic (exact) mass is 484 g/mol. The van der Waals surface area contributed by atoms with Gasteiger partial charge in [0.15, 0.2) is 11.5 Å². The molecule has 0 fully saturated rings. The molecule has 184 valence electrons. The highest BCUT2D eigenvalue weighted by Gasteiger charge is 2.10. The van der Waals surface area contributed by atoms with E-state index in [-0.39, 0.29) is 5.91 Å². The van der Waals surface area contributed by atoms with Crippen LogP contribution in [0.4, 0.5) is 5.69 Å². The van der Waals surface area contributed by atoms with Gasteiger partial charge in [-0.1, -0.05) is 30.3 Å². The molecular weight excluding hydrogens is 456 g/mol. The molecule has 1 amide bonds. The molecule has 4 rings (SSSR count). The number of hydrogen-bond donors (Lipinski definition) is 1. The van der Waals surface area contributed by atoms with E-state index in [4.69, 9.17) is 18.9 Å². The number of carbonyl (C=O) groups excluding carboxylic acids is 1. The number of benzene rings is 3. The van der Waals surface area contributed by atoms with Crippen molar-refractivity contribution >= 4 is 11.6 Å². The Kier molecular flexibility index (Phi) is 8.03. The van der Waals surface area contributed by atoms with Crippen molar-refractivity contribution < 1.29 is 23.7 Å². The summed E-state index contributed by atoms with van der Waals surface area (Å²) < 4.78 is 21.8. The summed E-state index contributed by atoms with van der Waals surface area (Å²) in [4.78, 5) is 17.3. The van der Waals surface area contributed by atoms with Crippen molar-refractivity contribution in [3.63, 3.8) is 0 Å². The van der Waals surface area contributed by atoms with E-state index in [1.807, 2.05) is 60.7 Å². The molecule has 0 atom stereocenters. The van der Waals surface area contributed by atoms with Gasteiger partial charge in [-0.25, -0.2) is 4.98 Å². The molecule has 0 saturated heterocycles. The second kappa shape index (κ2) is 11.8. The second-order valence-corrected chi connectivity index (χ2v) is 7.92. The molecule has 36 heavy (non-hydrogen) atoms. The van der Waals surface area contributed by atoms with Crippen molar-refractivity contribution in [2.45, 2.75) is 6.42 Å². The molecule has 0 bridgehead atoms. The second-order valence-electron chi connectivity index (χ2n) is 7.92. The molecular formula is C29H28N2O5. The molecule has 0 aliphatic heterocycles. The molecule has 0 saturated carbocycles. The number of aromatic nitrogens is 1. The maximum Gasteiger partial charge on any atom is 0.255 e. The zero-order valence-corrected chi connectivity index (χ0v) is 20.5. The van der Waals surface area contributed by atoms with Gasteiger partial charge in [-0.15, -0.1) is 0 Å². The number of rotatable bonds is 10. The lowest BCUT2D eigenvalue weighted by atomic mass is 10.1. The van der Waals surface area contributed by atoms with Crippen LogP contribution in [0.15, 0.2) is 84.9 Å². The summed E-state index contributed by atoms with van der Waals surface area (Å²) in [5.74, 6) is 2.32. The number of ether oxygens (including phenoxy) is 4. The van der Waals surface area contributed by atoms with Crippen LogP contribution in [-0.4, -0.2) is 38.8 Å². The van der Waals surface area contributed by atoms with E-state index >= 15 is 0 Å². The molecule has 3 aromatic carbocycles. The molecule has 1 heterocycles. The average Bonchev–Trinajstić information content (AvgIpc) is 2.93. The highest BCUT2D eigenvalue weighted by atomic mass is 16.5. The molecule has 0 aliphatic carbocycles. The van der Waals surface area contributed by atoms with Crippen molar-refractivity contribution in [3.05, 3.63) is 96.1 Å². The van der Waals surface area contributed by atoms with Gasteiger partial charge in [0, 0.05) is 29.3 Å². The number of anilines is 1. The maximum absolute atomic E-state index is 12.7. The number of pyridine rings is 1. The van der Waals surface area contributed by atoms with Gasteiger partial charge in [-0.2, -0.15) is 0 Å². The summed E-state index contributed by atoms with van der Waals surface area (Å²) in [7, 11) is 4.80. The Labute approximate surface area is 210 Å². The van der Waals surface area contributed by atoms with E-state index in [0.717, 1.165) is 16.8 Å². The van der Waals surface area contributed by atoms with Gasteiger partial charge in [0.2, 0.25) is 5.88 Å². The number of methoxy groups -OCH3 is 3. The van der Waals surface area contributed by atoms with Crippen molar-refractivity contribution in [1.82, 2.24) is 4.98 Å². The first-order valence-corrected chi connectivity index (χ1v) is 11.5. The third-order valence-corrected chi connectivity index (χ3v) is 5.56. The van der Waals surface area contributed by atoms with Gasteiger partial charge < -0.3 is 24.3 Å². The summed E-state index contributed by atoms with van der Waals surface area (Å²) in [5, 5.41) is 2.93. The number of amides is 1. The minimum Gasteiger partial charge on any atom is -0.497 e. The third kappa shape index (κ3) is 6.13. The van der Waals surface area contributed by atoms with Gasteiger partial charge in [-0.05, 0) is 54.1 Å². The Morgan fingerprint density at radius 1 is 0.806 bits per heavy atom. The fraction of sp³-hybridized carbons (Fsp3) is 0.172.